The molecule has 1 aliphatic rings. The predicted molar refractivity (Wildman–Crippen MR) is 126 cm³/mol. The highest BCUT2D eigenvalue weighted by Gasteiger charge is 2.22. The standard InChI is InChI=1S/C24H28N4O3S/c1-30-21-9-5-6-19(14-21)15-22-26-24(32-27-22)28-12-10-18(11-13-28)16-25-23(29)17-31-20-7-3-2-4-8-20/h2-9,14,18H,10-13,15-17H2,1H3,(H,25,29). The number of methoxy groups -OCH3 is 1. The Kier molecular flexibility index (Phi) is 7.55. The van der Waals surface area contributed by atoms with Crippen LogP contribution in [0.3, 0.4) is 0 Å². The van der Waals surface area contributed by atoms with Crippen LogP contribution in [0.1, 0.15) is 24.2 Å². The van der Waals surface area contributed by atoms with Crippen molar-refractivity contribution in [2.24, 2.45) is 5.92 Å². The molecule has 4 rings (SSSR count). The van der Waals surface area contributed by atoms with Gasteiger partial charge in [0.25, 0.3) is 5.91 Å². The average molecular weight is 453 g/mol. The van der Waals surface area contributed by atoms with Crippen LogP contribution in [0.4, 0.5) is 5.13 Å². The van der Waals surface area contributed by atoms with Gasteiger partial charge in [0.1, 0.15) is 17.3 Å². The van der Waals surface area contributed by atoms with Crippen LogP contribution in [-0.2, 0) is 11.2 Å². The fraction of sp³-hybridized carbons (Fsp3) is 0.375. The molecular formula is C24H28N4O3S. The molecule has 1 aliphatic heterocycles. The summed E-state index contributed by atoms with van der Waals surface area (Å²) >= 11 is 1.46. The summed E-state index contributed by atoms with van der Waals surface area (Å²) in [5.74, 6) is 2.78. The van der Waals surface area contributed by atoms with Crippen molar-refractivity contribution in [1.29, 1.82) is 0 Å². The van der Waals surface area contributed by atoms with Gasteiger partial charge in [-0.05, 0) is 48.6 Å². The highest BCUT2D eigenvalue weighted by Crippen LogP contribution is 2.25. The van der Waals surface area contributed by atoms with Crippen LogP contribution in [0.5, 0.6) is 11.5 Å². The Morgan fingerprint density at radius 1 is 1.12 bits per heavy atom. The van der Waals surface area contributed by atoms with E-state index < -0.39 is 0 Å². The number of rotatable bonds is 9. The maximum Gasteiger partial charge on any atom is 0.257 e. The summed E-state index contributed by atoms with van der Waals surface area (Å²) in [7, 11) is 1.67. The third kappa shape index (κ3) is 6.20. The van der Waals surface area contributed by atoms with Crippen LogP contribution in [0.15, 0.2) is 54.6 Å². The van der Waals surface area contributed by atoms with Crippen molar-refractivity contribution in [3.63, 3.8) is 0 Å². The number of aromatic nitrogens is 2. The van der Waals surface area contributed by atoms with Crippen LogP contribution in [0.2, 0.25) is 0 Å². The lowest BCUT2D eigenvalue weighted by Crippen LogP contribution is -2.39. The largest absolute Gasteiger partial charge is 0.497 e. The third-order valence-electron chi connectivity index (χ3n) is 5.54. The van der Waals surface area contributed by atoms with Gasteiger partial charge in [-0.2, -0.15) is 4.37 Å². The summed E-state index contributed by atoms with van der Waals surface area (Å²) in [5, 5.41) is 3.97. The van der Waals surface area contributed by atoms with Crippen LogP contribution in [0, 0.1) is 5.92 Å². The molecule has 0 radical (unpaired) electrons. The molecule has 1 saturated heterocycles. The second kappa shape index (κ2) is 10.9. The molecule has 0 aliphatic carbocycles. The minimum Gasteiger partial charge on any atom is -0.497 e. The minimum atomic E-state index is -0.0809. The summed E-state index contributed by atoms with van der Waals surface area (Å²) in [6, 6.07) is 17.4. The quantitative estimate of drug-likeness (QED) is 0.535. The van der Waals surface area contributed by atoms with Crippen molar-refractivity contribution < 1.29 is 14.3 Å². The van der Waals surface area contributed by atoms with Crippen molar-refractivity contribution in [2.45, 2.75) is 19.3 Å². The smallest absolute Gasteiger partial charge is 0.257 e. The number of nitrogens with one attached hydrogen (secondary N) is 1. The summed E-state index contributed by atoms with van der Waals surface area (Å²) in [5.41, 5.74) is 1.14. The third-order valence-corrected chi connectivity index (χ3v) is 6.35. The molecule has 7 nitrogen and oxygen atoms in total. The fourth-order valence-electron chi connectivity index (χ4n) is 3.71. The molecule has 1 N–H and O–H groups in total. The zero-order chi connectivity index (χ0) is 22.2. The Balaban J connectivity index is 1.19. The minimum absolute atomic E-state index is 0.0453. The molecule has 0 saturated carbocycles. The molecule has 32 heavy (non-hydrogen) atoms. The molecule has 0 bridgehead atoms. The Labute approximate surface area is 192 Å². The lowest BCUT2D eigenvalue weighted by atomic mass is 9.97. The maximum atomic E-state index is 12.1. The highest BCUT2D eigenvalue weighted by molar-refractivity contribution is 7.09. The van der Waals surface area contributed by atoms with Gasteiger partial charge in [-0.3, -0.25) is 4.79 Å². The fourth-order valence-corrected chi connectivity index (χ4v) is 4.45. The van der Waals surface area contributed by atoms with E-state index in [1.807, 2.05) is 48.5 Å². The number of ether oxygens (including phenoxy) is 2. The second-order valence-electron chi connectivity index (χ2n) is 7.86. The van der Waals surface area contributed by atoms with Crippen LogP contribution < -0.4 is 19.7 Å². The average Bonchev–Trinajstić information content (AvgIpc) is 3.31. The van der Waals surface area contributed by atoms with Gasteiger partial charge in [0.15, 0.2) is 6.61 Å². The number of hydrogen-bond donors (Lipinski definition) is 1. The summed E-state index contributed by atoms with van der Waals surface area (Å²) < 4.78 is 15.3. The van der Waals surface area contributed by atoms with Crippen molar-refractivity contribution >= 4 is 22.6 Å². The second-order valence-corrected chi connectivity index (χ2v) is 8.59. The Morgan fingerprint density at radius 3 is 2.69 bits per heavy atom. The molecular weight excluding hydrogens is 424 g/mol. The van der Waals surface area contributed by atoms with Gasteiger partial charge in [-0.25, -0.2) is 4.98 Å². The normalized spacial score (nSPS) is 14.2. The molecule has 1 aromatic heterocycles. The molecule has 0 unspecified atom stereocenters. The number of carbonyl (C=O) groups excluding carboxylic acids is 1. The highest BCUT2D eigenvalue weighted by atomic mass is 32.1. The van der Waals surface area contributed by atoms with Gasteiger partial charge in [-0.1, -0.05) is 30.3 Å². The van der Waals surface area contributed by atoms with Gasteiger partial charge in [-0.15, -0.1) is 0 Å². The summed E-state index contributed by atoms with van der Waals surface area (Å²) in [6.45, 7) is 2.58. The van der Waals surface area contributed by atoms with Crippen molar-refractivity contribution in [3.8, 4) is 11.5 Å². The predicted octanol–water partition coefficient (Wildman–Crippen LogP) is 3.55. The van der Waals surface area contributed by atoms with E-state index in [0.29, 0.717) is 24.6 Å². The van der Waals surface area contributed by atoms with Crippen molar-refractivity contribution in [3.05, 3.63) is 66.0 Å². The van der Waals surface area contributed by atoms with E-state index >= 15 is 0 Å². The maximum absolute atomic E-state index is 12.1. The molecule has 168 valence electrons. The first-order valence-electron chi connectivity index (χ1n) is 10.8. The number of nitrogens with zero attached hydrogens (tertiary/aromatic N) is 3. The molecule has 8 heteroatoms. The topological polar surface area (TPSA) is 76.6 Å². The van der Waals surface area contributed by atoms with E-state index in [4.69, 9.17) is 14.5 Å². The van der Waals surface area contributed by atoms with E-state index in [1.54, 1.807) is 7.11 Å². The van der Waals surface area contributed by atoms with Crippen molar-refractivity contribution in [1.82, 2.24) is 14.7 Å². The van der Waals surface area contributed by atoms with E-state index in [1.165, 1.54) is 11.5 Å². The van der Waals surface area contributed by atoms with E-state index in [0.717, 1.165) is 48.2 Å². The lowest BCUT2D eigenvalue weighted by Gasteiger charge is -2.31. The number of hydrogen-bond acceptors (Lipinski definition) is 7. The first-order valence-corrected chi connectivity index (χ1v) is 11.6. The number of piperidine rings is 1. The van der Waals surface area contributed by atoms with Gasteiger partial charge < -0.3 is 19.7 Å². The summed E-state index contributed by atoms with van der Waals surface area (Å²) in [6.07, 6.45) is 2.73. The van der Waals surface area contributed by atoms with E-state index in [-0.39, 0.29) is 12.5 Å². The van der Waals surface area contributed by atoms with Gasteiger partial charge in [0, 0.05) is 37.6 Å². The van der Waals surface area contributed by atoms with Crippen LogP contribution >= 0.6 is 11.5 Å². The number of amides is 1. The molecule has 2 aromatic carbocycles. The van der Waals surface area contributed by atoms with Gasteiger partial charge in [0.05, 0.1) is 7.11 Å². The molecule has 1 fully saturated rings. The molecule has 3 aromatic rings. The van der Waals surface area contributed by atoms with E-state index in [9.17, 15) is 4.79 Å². The Bertz CT molecular complexity index is 1000. The number of carbonyl (C=O) groups is 1. The van der Waals surface area contributed by atoms with Crippen LogP contribution in [0.25, 0.3) is 0 Å². The zero-order valence-corrected chi connectivity index (χ0v) is 19.0. The Hall–Kier alpha value is -3.13. The van der Waals surface area contributed by atoms with E-state index in [2.05, 4.69) is 20.7 Å². The van der Waals surface area contributed by atoms with Gasteiger partial charge in [0.2, 0.25) is 5.13 Å². The summed E-state index contributed by atoms with van der Waals surface area (Å²) in [4.78, 5) is 19.1. The first kappa shape index (κ1) is 22.1. The molecule has 1 amide bonds. The number of benzene rings is 2. The number of anilines is 1. The van der Waals surface area contributed by atoms with Gasteiger partial charge >= 0.3 is 0 Å². The first-order chi connectivity index (χ1) is 15.7. The molecule has 0 atom stereocenters. The Morgan fingerprint density at radius 2 is 1.91 bits per heavy atom. The molecule has 0 spiro atoms. The monoisotopic (exact) mass is 452 g/mol. The lowest BCUT2D eigenvalue weighted by molar-refractivity contribution is -0.123. The number of para-hydroxylation sites is 1. The molecule has 2 heterocycles. The van der Waals surface area contributed by atoms with Crippen molar-refractivity contribution in [2.75, 3.05) is 38.3 Å². The zero-order valence-electron chi connectivity index (χ0n) is 18.2. The SMILES string of the molecule is COc1cccc(Cc2nsc(N3CCC(CNC(=O)COc4ccccc4)CC3)n2)c1. The van der Waals surface area contributed by atoms with Crippen LogP contribution in [-0.4, -0.2) is 48.6 Å².